The molecule has 1 saturated carbocycles. The van der Waals surface area contributed by atoms with E-state index in [0.717, 1.165) is 32.4 Å². The van der Waals surface area contributed by atoms with E-state index in [1.165, 1.54) is 19.3 Å². The molecule has 2 aliphatic rings. The number of guanidine groups is 1. The van der Waals surface area contributed by atoms with E-state index in [1.54, 1.807) is 7.05 Å². The van der Waals surface area contributed by atoms with E-state index < -0.39 is 0 Å². The molecule has 27 heavy (non-hydrogen) atoms. The third-order valence-electron chi connectivity index (χ3n) is 5.11. The van der Waals surface area contributed by atoms with Gasteiger partial charge < -0.3 is 20.9 Å². The van der Waals surface area contributed by atoms with Gasteiger partial charge in [0.15, 0.2) is 5.96 Å². The Morgan fingerprint density at radius 2 is 1.85 bits per heavy atom. The van der Waals surface area contributed by atoms with Crippen molar-refractivity contribution in [3.63, 3.8) is 0 Å². The number of carbonyl (C=O) groups is 2. The second-order valence-corrected chi connectivity index (χ2v) is 7.72. The van der Waals surface area contributed by atoms with Crippen molar-refractivity contribution in [3.05, 3.63) is 0 Å². The molecule has 3 N–H and O–H groups in total. The highest BCUT2D eigenvalue weighted by Crippen LogP contribution is 2.26. The summed E-state index contributed by atoms with van der Waals surface area (Å²) >= 11 is 0. The first-order valence-electron chi connectivity index (χ1n) is 10.0. The van der Waals surface area contributed by atoms with Crippen LogP contribution in [0.1, 0.15) is 58.8 Å². The number of nitrogens with one attached hydrogen (secondary N) is 3. The summed E-state index contributed by atoms with van der Waals surface area (Å²) in [6.45, 7) is 6.00. The molecular weight excluding hydrogens is 457 g/mol. The lowest BCUT2D eigenvalue weighted by molar-refractivity contribution is -0.135. The van der Waals surface area contributed by atoms with Crippen molar-refractivity contribution >= 4 is 41.8 Å². The maximum absolute atomic E-state index is 12.6. The number of likely N-dealkylation sites (tertiary alicyclic amines) is 1. The van der Waals surface area contributed by atoms with Crippen LogP contribution >= 0.6 is 24.0 Å². The molecule has 7 nitrogen and oxygen atoms in total. The Bertz CT molecular complexity index is 506. The van der Waals surface area contributed by atoms with Crippen LogP contribution in [-0.2, 0) is 9.59 Å². The highest BCUT2D eigenvalue weighted by atomic mass is 127. The predicted molar refractivity (Wildman–Crippen MR) is 119 cm³/mol. The van der Waals surface area contributed by atoms with Crippen molar-refractivity contribution < 1.29 is 9.59 Å². The number of hydrogen-bond acceptors (Lipinski definition) is 3. The molecule has 156 valence electrons. The van der Waals surface area contributed by atoms with Crippen LogP contribution in [0.2, 0.25) is 0 Å². The average molecular weight is 493 g/mol. The topological polar surface area (TPSA) is 85.8 Å². The Labute approximate surface area is 180 Å². The zero-order valence-electron chi connectivity index (χ0n) is 16.9. The largest absolute Gasteiger partial charge is 0.356 e. The Hall–Kier alpha value is -1.06. The van der Waals surface area contributed by atoms with Crippen molar-refractivity contribution in [3.8, 4) is 0 Å². The van der Waals surface area contributed by atoms with Crippen LogP contribution in [0.4, 0.5) is 0 Å². The smallest absolute Gasteiger partial charge is 0.225 e. The minimum Gasteiger partial charge on any atom is -0.356 e. The molecule has 8 heteroatoms. The third-order valence-corrected chi connectivity index (χ3v) is 5.11. The van der Waals surface area contributed by atoms with Crippen molar-refractivity contribution in [1.82, 2.24) is 20.9 Å². The Morgan fingerprint density at radius 3 is 2.48 bits per heavy atom. The number of halogens is 1. The molecule has 0 aromatic rings. The lowest BCUT2D eigenvalue weighted by Crippen LogP contribution is -2.46. The summed E-state index contributed by atoms with van der Waals surface area (Å²) in [6.07, 6.45) is 7.10. The fourth-order valence-corrected chi connectivity index (χ4v) is 3.76. The maximum Gasteiger partial charge on any atom is 0.225 e. The maximum atomic E-state index is 12.6. The SMILES string of the molecule is CN=C(NCCC(=O)NC(C)C)NC1CCN(C(=O)C2CCCCC2)C1.I. The number of rotatable bonds is 6. The number of nitrogens with zero attached hydrogens (tertiary/aromatic N) is 2. The quantitative estimate of drug-likeness (QED) is 0.300. The van der Waals surface area contributed by atoms with Crippen LogP contribution in [0.3, 0.4) is 0 Å². The van der Waals surface area contributed by atoms with Crippen molar-refractivity contribution in [2.45, 2.75) is 70.9 Å². The lowest BCUT2D eigenvalue weighted by Gasteiger charge is -2.26. The van der Waals surface area contributed by atoms with Crippen molar-refractivity contribution in [1.29, 1.82) is 0 Å². The predicted octanol–water partition coefficient (Wildman–Crippen LogP) is 1.87. The van der Waals surface area contributed by atoms with E-state index in [4.69, 9.17) is 0 Å². The standard InChI is InChI=1S/C19H35N5O2.HI/c1-14(2)22-17(25)9-11-21-19(20-3)23-16-10-12-24(13-16)18(26)15-7-5-4-6-8-15;/h14-16H,4-13H2,1-3H3,(H,22,25)(H2,20,21,23);1H. The van der Waals surface area contributed by atoms with E-state index in [0.29, 0.717) is 24.8 Å². The van der Waals surface area contributed by atoms with Gasteiger partial charge in [0.1, 0.15) is 0 Å². The fraction of sp³-hybridized carbons (Fsp3) is 0.842. The summed E-state index contributed by atoms with van der Waals surface area (Å²) in [4.78, 5) is 30.6. The van der Waals surface area contributed by atoms with Crippen LogP contribution in [0, 0.1) is 5.92 Å². The zero-order chi connectivity index (χ0) is 18.9. The molecule has 0 aromatic carbocycles. The van der Waals surface area contributed by atoms with Gasteiger partial charge in [-0.15, -0.1) is 24.0 Å². The second-order valence-electron chi connectivity index (χ2n) is 7.72. The van der Waals surface area contributed by atoms with E-state index >= 15 is 0 Å². The van der Waals surface area contributed by atoms with Gasteiger partial charge in [-0.25, -0.2) is 0 Å². The van der Waals surface area contributed by atoms with Gasteiger partial charge in [0.05, 0.1) is 0 Å². The molecule has 2 fully saturated rings. The van der Waals surface area contributed by atoms with Gasteiger partial charge in [-0.1, -0.05) is 19.3 Å². The minimum absolute atomic E-state index is 0. The van der Waals surface area contributed by atoms with Gasteiger partial charge >= 0.3 is 0 Å². The highest BCUT2D eigenvalue weighted by molar-refractivity contribution is 14.0. The van der Waals surface area contributed by atoms with Gasteiger partial charge in [0, 0.05) is 51.1 Å². The van der Waals surface area contributed by atoms with Gasteiger partial charge in [-0.3, -0.25) is 14.6 Å². The van der Waals surface area contributed by atoms with Gasteiger partial charge in [-0.05, 0) is 33.1 Å². The van der Waals surface area contributed by atoms with Crippen LogP contribution in [0.15, 0.2) is 4.99 Å². The number of aliphatic imine (C=N–C) groups is 1. The molecule has 0 spiro atoms. The first-order valence-corrected chi connectivity index (χ1v) is 10.0. The van der Waals surface area contributed by atoms with Crippen LogP contribution in [0.5, 0.6) is 0 Å². The number of hydrogen-bond donors (Lipinski definition) is 3. The van der Waals surface area contributed by atoms with Gasteiger partial charge in [0.25, 0.3) is 0 Å². The van der Waals surface area contributed by atoms with Crippen molar-refractivity contribution in [2.24, 2.45) is 10.9 Å². The van der Waals surface area contributed by atoms with E-state index in [-0.39, 0.29) is 47.9 Å². The summed E-state index contributed by atoms with van der Waals surface area (Å²) in [5.41, 5.74) is 0. The zero-order valence-corrected chi connectivity index (χ0v) is 19.3. The molecular formula is C19H36IN5O2. The van der Waals surface area contributed by atoms with Crippen LogP contribution in [0.25, 0.3) is 0 Å². The van der Waals surface area contributed by atoms with Crippen LogP contribution in [-0.4, -0.2) is 61.4 Å². The lowest BCUT2D eigenvalue weighted by atomic mass is 9.88. The molecule has 2 amide bonds. The van der Waals surface area contributed by atoms with Crippen molar-refractivity contribution in [2.75, 3.05) is 26.7 Å². The number of amides is 2. The molecule has 1 aliphatic heterocycles. The monoisotopic (exact) mass is 493 g/mol. The van der Waals surface area contributed by atoms with E-state index in [1.807, 2.05) is 18.7 Å². The van der Waals surface area contributed by atoms with Gasteiger partial charge in [-0.2, -0.15) is 0 Å². The Kier molecular flexibility index (Phi) is 11.0. The fourth-order valence-electron chi connectivity index (χ4n) is 3.76. The normalized spacial score (nSPS) is 21.0. The molecule has 1 atom stereocenters. The van der Waals surface area contributed by atoms with E-state index in [2.05, 4.69) is 20.9 Å². The van der Waals surface area contributed by atoms with Crippen LogP contribution < -0.4 is 16.0 Å². The molecule has 1 heterocycles. The molecule has 2 rings (SSSR count). The molecule has 1 unspecified atom stereocenters. The summed E-state index contributed by atoms with van der Waals surface area (Å²) in [5.74, 6) is 1.30. The third kappa shape index (κ3) is 8.23. The summed E-state index contributed by atoms with van der Waals surface area (Å²) in [5, 5.41) is 9.44. The highest BCUT2D eigenvalue weighted by Gasteiger charge is 2.31. The molecule has 0 bridgehead atoms. The molecule has 0 radical (unpaired) electrons. The number of carbonyl (C=O) groups excluding carboxylic acids is 2. The molecule has 1 aliphatic carbocycles. The summed E-state index contributed by atoms with van der Waals surface area (Å²) in [7, 11) is 1.73. The summed E-state index contributed by atoms with van der Waals surface area (Å²) < 4.78 is 0. The van der Waals surface area contributed by atoms with E-state index in [9.17, 15) is 9.59 Å². The molecule has 0 aromatic heterocycles. The minimum atomic E-state index is 0. The molecule has 1 saturated heterocycles. The Balaban J connectivity index is 0.00000364. The second kappa shape index (κ2) is 12.4. The van der Waals surface area contributed by atoms with Gasteiger partial charge in [0.2, 0.25) is 11.8 Å². The first kappa shape index (κ1) is 24.0. The average Bonchev–Trinajstić information content (AvgIpc) is 3.08. The summed E-state index contributed by atoms with van der Waals surface area (Å²) in [6, 6.07) is 0.379. The first-order chi connectivity index (χ1) is 12.5. The Morgan fingerprint density at radius 1 is 1.15 bits per heavy atom.